The van der Waals surface area contributed by atoms with Crippen molar-refractivity contribution in [1.82, 2.24) is 41.3 Å². The molecule has 1 heterocycles. The van der Waals surface area contributed by atoms with E-state index in [1.807, 2.05) is 32.0 Å². The van der Waals surface area contributed by atoms with Gasteiger partial charge in [-0.15, -0.1) is 0 Å². The molecule has 0 aromatic heterocycles. The minimum atomic E-state index is -1.10. The van der Waals surface area contributed by atoms with Crippen LogP contribution in [0, 0.1) is 29.6 Å². The van der Waals surface area contributed by atoms with E-state index in [-0.39, 0.29) is 56.1 Å². The molecular formula is C63H102N10O14. The van der Waals surface area contributed by atoms with E-state index < -0.39 is 126 Å². The fraction of sp³-hybridized carbons (Fsp3) is 0.667. The Morgan fingerprint density at radius 2 is 1.37 bits per heavy atom. The Morgan fingerprint density at radius 1 is 0.747 bits per heavy atom. The number of alkyl carbamates (subject to hydrolysis) is 1. The van der Waals surface area contributed by atoms with Crippen LogP contribution in [0.4, 0.5) is 20.1 Å². The molecule has 87 heavy (non-hydrogen) atoms. The maximum absolute atomic E-state index is 14.8. The Kier molecular flexibility index (Phi) is 29.9. The van der Waals surface area contributed by atoms with E-state index >= 15 is 0 Å². The zero-order valence-corrected chi connectivity index (χ0v) is 54.4. The molecule has 0 radical (unpaired) electrons. The summed E-state index contributed by atoms with van der Waals surface area (Å²) in [6, 6.07) is 8.81. The molecule has 1 saturated heterocycles. The van der Waals surface area contributed by atoms with E-state index in [9.17, 15) is 48.3 Å². The highest BCUT2D eigenvalue weighted by molar-refractivity contribution is 5.98. The number of urea groups is 1. The van der Waals surface area contributed by atoms with Crippen LogP contribution in [0.15, 0.2) is 54.6 Å². The molecule has 24 heteroatoms. The van der Waals surface area contributed by atoms with Crippen molar-refractivity contribution in [2.24, 2.45) is 35.3 Å². The lowest BCUT2D eigenvalue weighted by atomic mass is 9.89. The van der Waals surface area contributed by atoms with Crippen LogP contribution >= 0.6 is 0 Å². The van der Waals surface area contributed by atoms with Crippen LogP contribution < -0.4 is 37.6 Å². The highest BCUT2D eigenvalue weighted by Crippen LogP contribution is 2.30. The van der Waals surface area contributed by atoms with Crippen molar-refractivity contribution >= 4 is 59.3 Å². The number of nitrogens with zero attached hydrogens (tertiary/aromatic N) is 3. The van der Waals surface area contributed by atoms with Gasteiger partial charge in [-0.25, -0.2) is 14.4 Å². The number of nitrogens with two attached hydrogens (primary N) is 1. The van der Waals surface area contributed by atoms with E-state index in [4.69, 9.17) is 24.7 Å². The number of hydrogen-bond acceptors (Lipinski definition) is 14. The first-order valence-corrected chi connectivity index (χ1v) is 30.4. The van der Waals surface area contributed by atoms with Crippen molar-refractivity contribution < 1.29 is 67.2 Å². The predicted molar refractivity (Wildman–Crippen MR) is 330 cm³/mol. The van der Waals surface area contributed by atoms with Crippen molar-refractivity contribution in [2.45, 2.75) is 201 Å². The first kappa shape index (κ1) is 74.2. The van der Waals surface area contributed by atoms with Crippen LogP contribution in [0.2, 0.25) is 0 Å². The second-order valence-corrected chi connectivity index (χ2v) is 24.9. The summed E-state index contributed by atoms with van der Waals surface area (Å²) in [5.74, 6) is -4.83. The van der Waals surface area contributed by atoms with Crippen molar-refractivity contribution in [3.05, 3.63) is 65.7 Å². The number of anilines is 1. The minimum Gasteiger partial charge on any atom is -0.445 e. The molecule has 2 aromatic carbocycles. The molecule has 9 N–H and O–H groups in total. The summed E-state index contributed by atoms with van der Waals surface area (Å²) in [5, 5.41) is 27.4. The Balaban J connectivity index is 1.71. The minimum absolute atomic E-state index is 0.0851. The largest absolute Gasteiger partial charge is 0.445 e. The monoisotopic (exact) mass is 1220 g/mol. The van der Waals surface area contributed by atoms with Crippen LogP contribution in [0.3, 0.4) is 0 Å². The number of amides is 10. The Morgan fingerprint density at radius 3 is 1.91 bits per heavy atom. The van der Waals surface area contributed by atoms with Gasteiger partial charge in [0, 0.05) is 47.1 Å². The van der Waals surface area contributed by atoms with E-state index in [1.165, 1.54) is 26.2 Å². The number of methoxy groups -OCH3 is 2. The number of carbonyl (C=O) groups is 9. The molecule has 0 saturated carbocycles. The second kappa shape index (κ2) is 35.1. The number of aliphatic hydroxyl groups is 1. The topological polar surface area (TPSA) is 319 Å². The fourth-order valence-electron chi connectivity index (χ4n) is 10.9. The Hall–Kier alpha value is -7.05. The number of primary amides is 1. The summed E-state index contributed by atoms with van der Waals surface area (Å²) in [7, 11) is 6.10. The van der Waals surface area contributed by atoms with Crippen LogP contribution in [-0.4, -0.2) is 175 Å². The van der Waals surface area contributed by atoms with Gasteiger partial charge in [-0.2, -0.15) is 0 Å². The normalized spacial score (nSPS) is 17.2. The predicted octanol–water partition coefficient (Wildman–Crippen LogP) is 6.00. The molecule has 0 bridgehead atoms. The maximum Gasteiger partial charge on any atom is 0.410 e. The van der Waals surface area contributed by atoms with Gasteiger partial charge in [0.2, 0.25) is 35.4 Å². The van der Waals surface area contributed by atoms with E-state index in [2.05, 4.69) is 31.9 Å². The van der Waals surface area contributed by atoms with E-state index in [0.717, 1.165) is 0 Å². The number of carbonyl (C=O) groups excluding carboxylic acids is 9. The number of ether oxygens (including phenoxy) is 4. The molecule has 1 aliphatic rings. The first-order chi connectivity index (χ1) is 40.8. The van der Waals surface area contributed by atoms with Crippen LogP contribution in [-0.2, 0) is 54.3 Å². The van der Waals surface area contributed by atoms with Crippen LogP contribution in [0.1, 0.15) is 146 Å². The van der Waals surface area contributed by atoms with Crippen molar-refractivity contribution in [3.63, 3.8) is 0 Å². The van der Waals surface area contributed by atoms with Crippen LogP contribution in [0.25, 0.3) is 0 Å². The lowest BCUT2D eigenvalue weighted by molar-refractivity contribution is -0.148. The molecular weight excluding hydrogens is 1120 g/mol. The molecule has 488 valence electrons. The van der Waals surface area contributed by atoms with Gasteiger partial charge in [0.25, 0.3) is 0 Å². The van der Waals surface area contributed by atoms with Gasteiger partial charge in [0.15, 0.2) is 0 Å². The van der Waals surface area contributed by atoms with Gasteiger partial charge < -0.3 is 71.5 Å². The smallest absolute Gasteiger partial charge is 0.410 e. The van der Waals surface area contributed by atoms with Crippen molar-refractivity contribution in [1.29, 1.82) is 0 Å². The Labute approximate surface area is 515 Å². The van der Waals surface area contributed by atoms with Gasteiger partial charge >= 0.3 is 18.2 Å². The molecule has 24 nitrogen and oxygen atoms in total. The molecule has 0 aliphatic carbocycles. The first-order valence-electron chi connectivity index (χ1n) is 30.4. The molecule has 1 aliphatic heterocycles. The number of rotatable bonds is 32. The summed E-state index contributed by atoms with van der Waals surface area (Å²) in [6.45, 7) is 23.5. The molecule has 3 rings (SSSR count). The molecule has 10 amide bonds. The number of aliphatic hydroxyl groups excluding tert-OH is 1. The third kappa shape index (κ3) is 22.6. The maximum atomic E-state index is 14.8. The van der Waals surface area contributed by atoms with Crippen molar-refractivity contribution in [3.8, 4) is 0 Å². The van der Waals surface area contributed by atoms with E-state index in [0.29, 0.717) is 42.6 Å². The number of benzene rings is 2. The van der Waals surface area contributed by atoms with Gasteiger partial charge in [0.05, 0.1) is 48.8 Å². The second-order valence-electron chi connectivity index (χ2n) is 24.9. The molecule has 1 fully saturated rings. The average molecular weight is 1220 g/mol. The lowest BCUT2D eigenvalue weighted by Crippen LogP contribution is -2.60. The number of nitrogens with one attached hydrogen (secondary N) is 6. The summed E-state index contributed by atoms with van der Waals surface area (Å²) in [6.07, 6.45) is -1.79. The molecule has 0 spiro atoms. The zero-order chi connectivity index (χ0) is 65.6. The summed E-state index contributed by atoms with van der Waals surface area (Å²) < 4.78 is 23.1. The molecule has 11 unspecified atom stereocenters. The van der Waals surface area contributed by atoms with E-state index in [1.54, 1.807) is 129 Å². The SMILES string of the molecule is CCC(C)C(C(CC(=O)N1CCC[C@H]1C(OC)C(C)C(=O)NC(C)C(O)c1ccccc1)OC)N(C)C(=O)C(NC(=O)C(C(C)C)N(C)C(=O)OCc1ccc(NC(=O)C(CCCNC(N)=O)NC(=O)C(NC(=O)OC(C)(C)C)C(C)C)cc1)C(C)C. The fourth-order valence-corrected chi connectivity index (χ4v) is 10.9. The summed E-state index contributed by atoms with van der Waals surface area (Å²) >= 11 is 0. The van der Waals surface area contributed by atoms with Gasteiger partial charge in [0.1, 0.15) is 36.4 Å². The summed E-state index contributed by atoms with van der Waals surface area (Å²) in [4.78, 5) is 127. The van der Waals surface area contributed by atoms with Crippen LogP contribution in [0.5, 0.6) is 0 Å². The third-order valence-corrected chi connectivity index (χ3v) is 15.9. The standard InChI is InChI=1S/C63H102N10O14/c1-18-39(8)52(47(84-16)34-48(74)73-33-23-27-46(73)54(85-17)40(9)55(76)66-41(10)53(75)43-24-20-19-21-25-43)71(14)59(80)50(37(4)5)69-58(79)51(38(6)7)72(15)62(83)86-35-42-28-30-44(31-29-42)67-56(77)45(26-22-32-65-60(64)81)68-57(78)49(36(2)3)70-61(82)87-63(11,12)13/h19-21,24-25,28-31,36-41,45-47,49-54,75H,18,22-23,26-27,32-35H2,1-17H3,(H,66,76)(H,67,77)(H,68,78)(H,69,79)(H,70,82)(H3,64,65,81)/t39?,40?,41?,45?,46-,47?,49?,50?,51?,52?,53?,54?/m0/s1. The number of likely N-dealkylation sites (tertiary alicyclic amines) is 1. The quantitative estimate of drug-likeness (QED) is 0.0390. The lowest BCUT2D eigenvalue weighted by Gasteiger charge is -2.41. The summed E-state index contributed by atoms with van der Waals surface area (Å²) in [5.41, 5.74) is 5.95. The highest BCUT2D eigenvalue weighted by atomic mass is 16.6. The van der Waals surface area contributed by atoms with Gasteiger partial charge in [-0.05, 0) is 100 Å². The number of hydrogen-bond donors (Lipinski definition) is 8. The molecule has 12 atom stereocenters. The van der Waals surface area contributed by atoms with Crippen molar-refractivity contribution in [2.75, 3.05) is 46.7 Å². The zero-order valence-electron chi connectivity index (χ0n) is 54.4. The number of likely N-dealkylation sites (N-methyl/N-ethyl adjacent to an activating group) is 2. The Bertz CT molecular complexity index is 2570. The average Bonchev–Trinajstić information content (AvgIpc) is 2.33. The van der Waals surface area contributed by atoms with Gasteiger partial charge in [-0.1, -0.05) is 111 Å². The van der Waals surface area contributed by atoms with Gasteiger partial charge in [-0.3, -0.25) is 33.7 Å². The molecule has 2 aromatic rings. The highest BCUT2D eigenvalue weighted by Gasteiger charge is 2.44. The third-order valence-electron chi connectivity index (χ3n) is 15.9.